The molecule has 1 aliphatic heterocycles. The van der Waals surface area contributed by atoms with Gasteiger partial charge in [0.1, 0.15) is 0 Å². The molecule has 0 bridgehead atoms. The smallest absolute Gasteiger partial charge is 0.353 e. The SMILES string of the molecule is O=C(O)C1=NO[C@@H](c2ccc(F)c(F)c2)C1. The maximum atomic E-state index is 12.9. The molecule has 1 aromatic rings. The summed E-state index contributed by atoms with van der Waals surface area (Å²) in [4.78, 5) is 15.4. The third kappa shape index (κ3) is 1.86. The van der Waals surface area contributed by atoms with Gasteiger partial charge in [0.15, 0.2) is 23.5 Å². The Labute approximate surface area is 89.1 Å². The molecule has 1 N–H and O–H groups in total. The molecule has 16 heavy (non-hydrogen) atoms. The predicted molar refractivity (Wildman–Crippen MR) is 49.9 cm³/mol. The summed E-state index contributed by atoms with van der Waals surface area (Å²) in [5, 5.41) is 12.0. The first-order valence-electron chi connectivity index (χ1n) is 4.49. The number of nitrogens with zero attached hydrogens (tertiary/aromatic N) is 1. The Balaban J connectivity index is 2.16. The van der Waals surface area contributed by atoms with Crippen LogP contribution in [0.1, 0.15) is 18.1 Å². The fourth-order valence-corrected chi connectivity index (χ4v) is 1.40. The van der Waals surface area contributed by atoms with Crippen LogP contribution >= 0.6 is 0 Å². The summed E-state index contributed by atoms with van der Waals surface area (Å²) in [5.74, 6) is -3.13. The van der Waals surface area contributed by atoms with E-state index in [0.717, 1.165) is 12.1 Å². The van der Waals surface area contributed by atoms with E-state index in [1.54, 1.807) is 0 Å². The maximum absolute atomic E-state index is 12.9. The van der Waals surface area contributed by atoms with E-state index in [9.17, 15) is 13.6 Å². The Morgan fingerprint density at radius 1 is 1.44 bits per heavy atom. The van der Waals surface area contributed by atoms with E-state index in [2.05, 4.69) is 5.16 Å². The average Bonchev–Trinajstić information content (AvgIpc) is 2.71. The number of benzene rings is 1. The first-order valence-corrected chi connectivity index (χ1v) is 4.49. The highest BCUT2D eigenvalue weighted by atomic mass is 19.2. The van der Waals surface area contributed by atoms with Crippen molar-refractivity contribution in [2.24, 2.45) is 5.16 Å². The van der Waals surface area contributed by atoms with E-state index in [4.69, 9.17) is 9.94 Å². The first-order chi connectivity index (χ1) is 7.58. The molecule has 0 aromatic heterocycles. The number of carboxylic acid groups (broad SMARTS) is 1. The normalized spacial score (nSPS) is 19.1. The van der Waals surface area contributed by atoms with Crippen LogP contribution in [0, 0.1) is 11.6 Å². The first kappa shape index (κ1) is 10.5. The third-order valence-electron chi connectivity index (χ3n) is 2.23. The molecule has 0 spiro atoms. The van der Waals surface area contributed by atoms with E-state index in [-0.39, 0.29) is 12.1 Å². The standard InChI is InChI=1S/C10H7F2NO3/c11-6-2-1-5(3-7(6)12)9-4-8(10(14)15)13-16-9/h1-3,9H,4H2,(H,14,15)/t9-/m1/s1. The van der Waals surface area contributed by atoms with Crippen LogP contribution in [0.3, 0.4) is 0 Å². The van der Waals surface area contributed by atoms with E-state index in [1.165, 1.54) is 6.07 Å². The zero-order chi connectivity index (χ0) is 11.7. The van der Waals surface area contributed by atoms with Crippen molar-refractivity contribution in [1.82, 2.24) is 0 Å². The van der Waals surface area contributed by atoms with Crippen LogP contribution < -0.4 is 0 Å². The van der Waals surface area contributed by atoms with Crippen molar-refractivity contribution in [3.63, 3.8) is 0 Å². The molecule has 6 heteroatoms. The molecular formula is C10H7F2NO3. The molecule has 1 atom stereocenters. The summed E-state index contributed by atoms with van der Waals surface area (Å²) in [5.41, 5.74) is 0.230. The lowest BCUT2D eigenvalue weighted by molar-refractivity contribution is -0.129. The van der Waals surface area contributed by atoms with Gasteiger partial charge in [-0.05, 0) is 17.7 Å². The molecule has 4 nitrogen and oxygen atoms in total. The van der Waals surface area contributed by atoms with Crippen molar-refractivity contribution in [1.29, 1.82) is 0 Å². The molecule has 2 rings (SSSR count). The lowest BCUT2D eigenvalue weighted by Crippen LogP contribution is -2.11. The van der Waals surface area contributed by atoms with Gasteiger partial charge in [0.25, 0.3) is 0 Å². The van der Waals surface area contributed by atoms with Crippen LogP contribution in [0.2, 0.25) is 0 Å². The molecule has 0 saturated heterocycles. The summed E-state index contributed by atoms with van der Waals surface area (Å²) in [6.07, 6.45) is -0.623. The van der Waals surface area contributed by atoms with Crippen molar-refractivity contribution in [2.75, 3.05) is 0 Å². The van der Waals surface area contributed by atoms with E-state index in [0.29, 0.717) is 5.56 Å². The predicted octanol–water partition coefficient (Wildman–Crippen LogP) is 1.87. The molecule has 84 valence electrons. The van der Waals surface area contributed by atoms with Gasteiger partial charge in [-0.1, -0.05) is 11.2 Å². The molecule has 0 fully saturated rings. The monoisotopic (exact) mass is 227 g/mol. The van der Waals surface area contributed by atoms with Crippen molar-refractivity contribution in [3.05, 3.63) is 35.4 Å². The highest BCUT2D eigenvalue weighted by molar-refractivity contribution is 6.35. The van der Waals surface area contributed by atoms with Crippen molar-refractivity contribution < 1.29 is 23.5 Å². The minimum absolute atomic E-state index is 0.0421. The zero-order valence-corrected chi connectivity index (χ0v) is 7.98. The Morgan fingerprint density at radius 3 is 2.75 bits per heavy atom. The number of oxime groups is 1. The Kier molecular flexibility index (Phi) is 2.55. The minimum Gasteiger partial charge on any atom is -0.477 e. The van der Waals surface area contributed by atoms with Gasteiger partial charge in [-0.2, -0.15) is 0 Å². The highest BCUT2D eigenvalue weighted by Crippen LogP contribution is 2.28. The van der Waals surface area contributed by atoms with Crippen molar-refractivity contribution in [2.45, 2.75) is 12.5 Å². The quantitative estimate of drug-likeness (QED) is 0.838. The van der Waals surface area contributed by atoms with Gasteiger partial charge in [-0.25, -0.2) is 13.6 Å². The third-order valence-corrected chi connectivity index (χ3v) is 2.23. The Hall–Kier alpha value is -1.98. The number of carbonyl (C=O) groups is 1. The highest BCUT2D eigenvalue weighted by Gasteiger charge is 2.27. The van der Waals surface area contributed by atoms with Crippen LogP contribution in [0.4, 0.5) is 8.78 Å². The number of aliphatic carboxylic acids is 1. The maximum Gasteiger partial charge on any atom is 0.353 e. The lowest BCUT2D eigenvalue weighted by Gasteiger charge is -2.07. The Bertz CT molecular complexity index is 473. The molecule has 0 saturated carbocycles. The van der Waals surface area contributed by atoms with Crippen LogP contribution in [0.15, 0.2) is 23.4 Å². The Morgan fingerprint density at radius 2 is 2.19 bits per heavy atom. The summed E-state index contributed by atoms with van der Waals surface area (Å²) < 4.78 is 25.6. The van der Waals surface area contributed by atoms with Gasteiger partial charge in [0.2, 0.25) is 0 Å². The molecule has 1 aliphatic rings. The van der Waals surface area contributed by atoms with Crippen LogP contribution in [0.5, 0.6) is 0 Å². The molecule has 0 unspecified atom stereocenters. The van der Waals surface area contributed by atoms with Gasteiger partial charge in [0.05, 0.1) is 0 Å². The zero-order valence-electron chi connectivity index (χ0n) is 7.98. The van der Waals surface area contributed by atoms with E-state index < -0.39 is 23.7 Å². The second-order valence-corrected chi connectivity index (χ2v) is 3.31. The van der Waals surface area contributed by atoms with Crippen LogP contribution in [0.25, 0.3) is 0 Å². The topological polar surface area (TPSA) is 58.9 Å². The molecule has 0 amide bonds. The number of rotatable bonds is 2. The summed E-state index contributed by atoms with van der Waals surface area (Å²) >= 11 is 0. The number of hydrogen-bond acceptors (Lipinski definition) is 3. The van der Waals surface area contributed by atoms with Gasteiger partial charge in [-0.15, -0.1) is 0 Å². The number of halogens is 2. The molecular weight excluding hydrogens is 220 g/mol. The molecule has 0 radical (unpaired) electrons. The number of carboxylic acids is 1. The fourth-order valence-electron chi connectivity index (χ4n) is 1.40. The van der Waals surface area contributed by atoms with Gasteiger partial charge >= 0.3 is 5.97 Å². The molecule has 1 heterocycles. The summed E-state index contributed by atoms with van der Waals surface area (Å²) in [7, 11) is 0. The van der Waals surface area contributed by atoms with Crippen molar-refractivity contribution in [3.8, 4) is 0 Å². The average molecular weight is 227 g/mol. The summed E-state index contributed by atoms with van der Waals surface area (Å²) in [6, 6.07) is 3.27. The molecule has 0 aliphatic carbocycles. The van der Waals surface area contributed by atoms with Crippen LogP contribution in [-0.4, -0.2) is 16.8 Å². The van der Waals surface area contributed by atoms with Crippen LogP contribution in [-0.2, 0) is 9.63 Å². The summed E-state index contributed by atoms with van der Waals surface area (Å²) in [6.45, 7) is 0. The van der Waals surface area contributed by atoms with Gasteiger partial charge in [0, 0.05) is 6.42 Å². The second kappa shape index (κ2) is 3.88. The largest absolute Gasteiger partial charge is 0.477 e. The molecule has 1 aromatic carbocycles. The number of hydrogen-bond donors (Lipinski definition) is 1. The van der Waals surface area contributed by atoms with E-state index in [1.807, 2.05) is 0 Å². The van der Waals surface area contributed by atoms with Gasteiger partial charge in [-0.3, -0.25) is 0 Å². The second-order valence-electron chi connectivity index (χ2n) is 3.31. The minimum atomic E-state index is -1.18. The fraction of sp³-hybridized carbons (Fsp3) is 0.200. The lowest BCUT2D eigenvalue weighted by atomic mass is 10.0. The van der Waals surface area contributed by atoms with E-state index >= 15 is 0 Å². The van der Waals surface area contributed by atoms with Crippen molar-refractivity contribution >= 4 is 11.7 Å². The van der Waals surface area contributed by atoms with Gasteiger partial charge < -0.3 is 9.94 Å².